The van der Waals surface area contributed by atoms with Crippen molar-refractivity contribution in [3.05, 3.63) is 35.2 Å². The van der Waals surface area contributed by atoms with Crippen molar-refractivity contribution in [1.82, 2.24) is 15.2 Å². The first-order valence-corrected chi connectivity index (χ1v) is 9.45. The van der Waals surface area contributed by atoms with Crippen LogP contribution in [0.4, 0.5) is 0 Å². The van der Waals surface area contributed by atoms with Crippen LogP contribution in [-0.4, -0.2) is 27.5 Å². The van der Waals surface area contributed by atoms with Crippen molar-refractivity contribution in [3.63, 3.8) is 0 Å². The molecule has 0 radical (unpaired) electrons. The van der Waals surface area contributed by atoms with E-state index in [4.69, 9.17) is 4.74 Å². The van der Waals surface area contributed by atoms with Crippen LogP contribution in [0.5, 0.6) is 5.75 Å². The van der Waals surface area contributed by atoms with Gasteiger partial charge in [0.2, 0.25) is 5.16 Å². The SMILES string of the molecule is Cc1cc(C)cc(OCCCSc2n[nH]c(C3CCCC3)n2)c1. The van der Waals surface area contributed by atoms with E-state index < -0.39 is 0 Å². The zero-order chi connectivity index (χ0) is 16.1. The third-order valence-electron chi connectivity index (χ3n) is 4.21. The average molecular weight is 331 g/mol. The highest BCUT2D eigenvalue weighted by atomic mass is 32.2. The average Bonchev–Trinajstić information content (AvgIpc) is 3.17. The maximum Gasteiger partial charge on any atom is 0.208 e. The molecule has 1 aromatic carbocycles. The molecule has 0 atom stereocenters. The van der Waals surface area contributed by atoms with Gasteiger partial charge in [0, 0.05) is 11.7 Å². The highest BCUT2D eigenvalue weighted by molar-refractivity contribution is 7.99. The molecule has 0 amide bonds. The maximum absolute atomic E-state index is 5.83. The monoisotopic (exact) mass is 331 g/mol. The van der Waals surface area contributed by atoms with E-state index in [0.717, 1.165) is 35.5 Å². The highest BCUT2D eigenvalue weighted by Gasteiger charge is 2.20. The Morgan fingerprint density at radius 1 is 1.17 bits per heavy atom. The lowest BCUT2D eigenvalue weighted by Gasteiger charge is -2.07. The van der Waals surface area contributed by atoms with Crippen LogP contribution in [0.15, 0.2) is 23.4 Å². The number of ether oxygens (including phenoxy) is 1. The summed E-state index contributed by atoms with van der Waals surface area (Å²) in [5.74, 6) is 3.63. The molecule has 0 unspecified atom stereocenters. The molecule has 0 spiro atoms. The number of hydrogen-bond donors (Lipinski definition) is 1. The van der Waals surface area contributed by atoms with E-state index in [1.807, 2.05) is 0 Å². The normalized spacial score (nSPS) is 15.2. The van der Waals surface area contributed by atoms with Crippen LogP contribution in [-0.2, 0) is 0 Å². The van der Waals surface area contributed by atoms with Gasteiger partial charge in [0.25, 0.3) is 0 Å². The Labute approximate surface area is 142 Å². The number of H-pyrrole nitrogens is 1. The predicted octanol–water partition coefficient (Wildman–Crippen LogP) is 4.64. The van der Waals surface area contributed by atoms with E-state index in [1.165, 1.54) is 36.8 Å². The molecule has 2 aromatic rings. The Morgan fingerprint density at radius 3 is 2.65 bits per heavy atom. The summed E-state index contributed by atoms with van der Waals surface area (Å²) in [5, 5.41) is 8.31. The number of rotatable bonds is 7. The van der Waals surface area contributed by atoms with E-state index in [1.54, 1.807) is 11.8 Å². The van der Waals surface area contributed by atoms with Crippen LogP contribution in [0.1, 0.15) is 55.0 Å². The maximum atomic E-state index is 5.83. The Kier molecular flexibility index (Phi) is 5.60. The smallest absolute Gasteiger partial charge is 0.208 e. The number of thioether (sulfide) groups is 1. The minimum Gasteiger partial charge on any atom is -0.494 e. The number of aromatic amines is 1. The van der Waals surface area contributed by atoms with Gasteiger partial charge in [0.05, 0.1) is 6.61 Å². The largest absolute Gasteiger partial charge is 0.494 e. The molecule has 1 saturated carbocycles. The van der Waals surface area contributed by atoms with Crippen molar-refractivity contribution in [3.8, 4) is 5.75 Å². The van der Waals surface area contributed by atoms with Crippen molar-refractivity contribution in [2.75, 3.05) is 12.4 Å². The fourth-order valence-corrected chi connectivity index (χ4v) is 3.85. The van der Waals surface area contributed by atoms with Gasteiger partial charge in [-0.1, -0.05) is 30.7 Å². The Balaban J connectivity index is 1.38. The van der Waals surface area contributed by atoms with E-state index in [0.29, 0.717) is 5.92 Å². The number of nitrogens with one attached hydrogen (secondary N) is 1. The van der Waals surface area contributed by atoms with Crippen molar-refractivity contribution < 1.29 is 4.74 Å². The van der Waals surface area contributed by atoms with Crippen LogP contribution in [0.2, 0.25) is 0 Å². The van der Waals surface area contributed by atoms with Gasteiger partial charge < -0.3 is 4.74 Å². The summed E-state index contributed by atoms with van der Waals surface area (Å²) in [6.45, 7) is 4.93. The molecule has 5 heteroatoms. The second-order valence-corrected chi connectivity index (χ2v) is 7.42. The van der Waals surface area contributed by atoms with E-state index in [2.05, 4.69) is 47.2 Å². The Bertz CT molecular complexity index is 615. The van der Waals surface area contributed by atoms with Crippen molar-refractivity contribution in [2.24, 2.45) is 0 Å². The summed E-state index contributed by atoms with van der Waals surface area (Å²) in [4.78, 5) is 4.63. The summed E-state index contributed by atoms with van der Waals surface area (Å²) in [5.41, 5.74) is 2.49. The lowest BCUT2D eigenvalue weighted by atomic mass is 10.1. The van der Waals surface area contributed by atoms with Crippen LogP contribution < -0.4 is 4.74 Å². The lowest BCUT2D eigenvalue weighted by molar-refractivity contribution is 0.318. The molecule has 1 N–H and O–H groups in total. The molecule has 1 aliphatic carbocycles. The van der Waals surface area contributed by atoms with Crippen molar-refractivity contribution in [2.45, 2.75) is 57.0 Å². The molecule has 1 aromatic heterocycles. The van der Waals surface area contributed by atoms with Crippen LogP contribution in [0, 0.1) is 13.8 Å². The van der Waals surface area contributed by atoms with Gasteiger partial charge >= 0.3 is 0 Å². The summed E-state index contributed by atoms with van der Waals surface area (Å²) >= 11 is 1.71. The van der Waals surface area contributed by atoms with Gasteiger partial charge in [-0.2, -0.15) is 0 Å². The zero-order valence-electron chi connectivity index (χ0n) is 14.0. The van der Waals surface area contributed by atoms with Gasteiger partial charge in [0.1, 0.15) is 11.6 Å². The summed E-state index contributed by atoms with van der Waals surface area (Å²) in [7, 11) is 0. The summed E-state index contributed by atoms with van der Waals surface area (Å²) in [6, 6.07) is 6.33. The third-order valence-corrected chi connectivity index (χ3v) is 5.14. The lowest BCUT2D eigenvalue weighted by Crippen LogP contribution is -1.99. The second-order valence-electron chi connectivity index (χ2n) is 6.36. The molecule has 1 heterocycles. The van der Waals surface area contributed by atoms with E-state index in [-0.39, 0.29) is 0 Å². The minimum atomic E-state index is 0.602. The van der Waals surface area contributed by atoms with Gasteiger partial charge in [-0.25, -0.2) is 4.98 Å². The molecule has 0 bridgehead atoms. The fraction of sp³-hybridized carbons (Fsp3) is 0.556. The fourth-order valence-electron chi connectivity index (χ4n) is 3.13. The molecule has 3 rings (SSSR count). The molecule has 0 saturated heterocycles. The van der Waals surface area contributed by atoms with Gasteiger partial charge in [0.15, 0.2) is 0 Å². The molecule has 124 valence electrons. The second kappa shape index (κ2) is 7.86. The third kappa shape index (κ3) is 4.74. The van der Waals surface area contributed by atoms with Crippen LogP contribution >= 0.6 is 11.8 Å². The molecule has 1 fully saturated rings. The molecular weight excluding hydrogens is 306 g/mol. The highest BCUT2D eigenvalue weighted by Crippen LogP contribution is 2.32. The standard InChI is InChI=1S/C18H25N3OS/c1-13-10-14(2)12-16(11-13)22-8-5-9-23-18-19-17(20-21-18)15-6-3-4-7-15/h10-12,15H,3-9H2,1-2H3,(H,19,20,21). The van der Waals surface area contributed by atoms with Gasteiger partial charge in [-0.05, 0) is 56.4 Å². The van der Waals surface area contributed by atoms with Gasteiger partial charge in [-0.3, -0.25) is 5.10 Å². The summed E-state index contributed by atoms with van der Waals surface area (Å²) in [6.07, 6.45) is 6.14. The van der Waals surface area contributed by atoms with Crippen LogP contribution in [0.3, 0.4) is 0 Å². The van der Waals surface area contributed by atoms with Gasteiger partial charge in [-0.15, -0.1) is 5.10 Å². The topological polar surface area (TPSA) is 50.8 Å². The molecule has 4 nitrogen and oxygen atoms in total. The minimum absolute atomic E-state index is 0.602. The zero-order valence-corrected chi connectivity index (χ0v) is 14.8. The molecule has 23 heavy (non-hydrogen) atoms. The Morgan fingerprint density at radius 2 is 1.91 bits per heavy atom. The number of hydrogen-bond acceptors (Lipinski definition) is 4. The Hall–Kier alpha value is -1.49. The predicted molar refractivity (Wildman–Crippen MR) is 94.3 cm³/mol. The van der Waals surface area contributed by atoms with Crippen molar-refractivity contribution >= 4 is 11.8 Å². The van der Waals surface area contributed by atoms with E-state index in [9.17, 15) is 0 Å². The number of nitrogens with zero attached hydrogens (tertiary/aromatic N) is 2. The molecule has 0 aliphatic heterocycles. The van der Waals surface area contributed by atoms with E-state index >= 15 is 0 Å². The molecule has 1 aliphatic rings. The first-order valence-electron chi connectivity index (χ1n) is 8.47. The number of aromatic nitrogens is 3. The number of benzene rings is 1. The van der Waals surface area contributed by atoms with Crippen molar-refractivity contribution in [1.29, 1.82) is 0 Å². The first kappa shape index (κ1) is 16.4. The summed E-state index contributed by atoms with van der Waals surface area (Å²) < 4.78 is 5.83. The molecular formula is C18H25N3OS. The van der Waals surface area contributed by atoms with Crippen LogP contribution in [0.25, 0.3) is 0 Å². The number of aryl methyl sites for hydroxylation is 2. The first-order chi connectivity index (χ1) is 11.2. The quantitative estimate of drug-likeness (QED) is 0.593.